The molecular weight excluding hydrogens is 294 g/mol. The fourth-order valence-electron chi connectivity index (χ4n) is 2.94. The fraction of sp³-hybridized carbons (Fsp3) is 0.500. The van der Waals surface area contributed by atoms with Crippen LogP contribution in [0.5, 0.6) is 0 Å². The second-order valence-corrected chi connectivity index (χ2v) is 6.14. The number of aromatic nitrogens is 2. The molecule has 0 saturated carbocycles. The van der Waals surface area contributed by atoms with E-state index >= 15 is 0 Å². The maximum atomic E-state index is 11.6. The van der Waals surface area contributed by atoms with E-state index in [9.17, 15) is 4.79 Å². The third-order valence-corrected chi connectivity index (χ3v) is 4.10. The molecular formula is C16H23N5O2. The Kier molecular flexibility index (Phi) is 4.66. The number of nitrogens with one attached hydrogen (secondary N) is 1. The third-order valence-electron chi connectivity index (χ3n) is 4.10. The lowest BCUT2D eigenvalue weighted by atomic mass is 10.1. The number of urea groups is 1. The van der Waals surface area contributed by atoms with Crippen molar-refractivity contribution in [2.24, 2.45) is 0 Å². The lowest BCUT2D eigenvalue weighted by molar-refractivity contribution is 0.160. The van der Waals surface area contributed by atoms with Gasteiger partial charge < -0.3 is 14.6 Å². The van der Waals surface area contributed by atoms with Crippen LogP contribution >= 0.6 is 0 Å². The first-order valence-electron chi connectivity index (χ1n) is 7.84. The normalized spacial score (nSPS) is 17.7. The smallest absolute Gasteiger partial charge is 0.316 e. The number of rotatable bonds is 5. The summed E-state index contributed by atoms with van der Waals surface area (Å²) in [6.45, 7) is 3.30. The summed E-state index contributed by atoms with van der Waals surface area (Å²) in [5.41, 5.74) is 2.39. The van der Waals surface area contributed by atoms with Crippen LogP contribution in [-0.2, 0) is 13.1 Å². The molecule has 124 valence electrons. The maximum absolute atomic E-state index is 11.6. The molecule has 0 saturated heterocycles. The number of fused-ring (bicyclic) bond motifs is 1. The Bertz CT molecular complexity index is 635. The van der Waals surface area contributed by atoms with Crippen molar-refractivity contribution >= 4 is 6.03 Å². The summed E-state index contributed by atoms with van der Waals surface area (Å²) in [6, 6.07) is 4.27. The summed E-state index contributed by atoms with van der Waals surface area (Å²) in [4.78, 5) is 15.6. The lowest BCUT2D eigenvalue weighted by Gasteiger charge is -2.33. The van der Waals surface area contributed by atoms with Crippen molar-refractivity contribution in [1.29, 1.82) is 0 Å². The molecule has 2 amide bonds. The Balaban J connectivity index is 1.61. The van der Waals surface area contributed by atoms with Gasteiger partial charge >= 0.3 is 6.03 Å². The summed E-state index contributed by atoms with van der Waals surface area (Å²) in [6.07, 6.45) is 6.20. The number of carbonyl (C=O) groups excluding carboxylic acids is 1. The van der Waals surface area contributed by atoms with Crippen molar-refractivity contribution in [1.82, 2.24) is 24.9 Å². The maximum Gasteiger partial charge on any atom is 0.316 e. The highest BCUT2D eigenvalue weighted by Gasteiger charge is 2.25. The highest BCUT2D eigenvalue weighted by Crippen LogP contribution is 2.24. The minimum Gasteiger partial charge on any atom is -0.472 e. The zero-order valence-electron chi connectivity index (χ0n) is 13.6. The van der Waals surface area contributed by atoms with Crippen molar-refractivity contribution in [2.75, 3.05) is 27.2 Å². The van der Waals surface area contributed by atoms with Crippen LogP contribution in [-0.4, -0.2) is 52.8 Å². The van der Waals surface area contributed by atoms with Crippen LogP contribution < -0.4 is 5.32 Å². The van der Waals surface area contributed by atoms with Gasteiger partial charge in [0.2, 0.25) is 0 Å². The van der Waals surface area contributed by atoms with Gasteiger partial charge in [-0.3, -0.25) is 9.58 Å². The van der Waals surface area contributed by atoms with Gasteiger partial charge in [0.05, 0.1) is 24.3 Å². The largest absolute Gasteiger partial charge is 0.472 e. The molecule has 3 heterocycles. The summed E-state index contributed by atoms with van der Waals surface area (Å²) >= 11 is 0. The number of hydrogen-bond donors (Lipinski definition) is 1. The first-order chi connectivity index (χ1) is 11.1. The Morgan fingerprint density at radius 1 is 1.48 bits per heavy atom. The van der Waals surface area contributed by atoms with E-state index in [1.54, 1.807) is 31.5 Å². The van der Waals surface area contributed by atoms with Gasteiger partial charge in [0, 0.05) is 52.0 Å². The van der Waals surface area contributed by atoms with Crippen LogP contribution in [0.4, 0.5) is 4.79 Å². The van der Waals surface area contributed by atoms with Crippen LogP contribution in [0.2, 0.25) is 0 Å². The summed E-state index contributed by atoms with van der Waals surface area (Å²) in [5, 5.41) is 7.38. The van der Waals surface area contributed by atoms with Crippen molar-refractivity contribution in [3.8, 4) is 0 Å². The minimum atomic E-state index is -0.0586. The van der Waals surface area contributed by atoms with Crippen LogP contribution in [0.15, 0.2) is 35.3 Å². The van der Waals surface area contributed by atoms with Crippen LogP contribution in [0.1, 0.15) is 23.7 Å². The number of amides is 2. The standard InChI is InChI=1S/C16H23N5O2/c1-19(2)16(22)17-6-3-14-10-20(9-13-5-8-23-12-13)11-15-4-7-18-21(14)15/h4-5,7-8,12,14H,3,6,9-11H2,1-2H3,(H,17,22). The topological polar surface area (TPSA) is 66.5 Å². The number of carbonyl (C=O) groups is 1. The van der Waals surface area contributed by atoms with Gasteiger partial charge in [0.1, 0.15) is 0 Å². The van der Waals surface area contributed by atoms with E-state index in [1.807, 2.05) is 12.3 Å². The summed E-state index contributed by atoms with van der Waals surface area (Å²) in [5.74, 6) is 0. The highest BCUT2D eigenvalue weighted by molar-refractivity contribution is 5.73. The molecule has 3 rings (SSSR count). The number of hydrogen-bond acceptors (Lipinski definition) is 4. The SMILES string of the molecule is CN(C)C(=O)NCCC1CN(Cc2ccoc2)Cc2ccnn21. The predicted molar refractivity (Wildman–Crippen MR) is 85.8 cm³/mol. The Labute approximate surface area is 135 Å². The van der Waals surface area contributed by atoms with Gasteiger partial charge in [-0.05, 0) is 18.6 Å². The summed E-state index contributed by atoms with van der Waals surface area (Å²) in [7, 11) is 3.49. The minimum absolute atomic E-state index is 0.0586. The van der Waals surface area contributed by atoms with E-state index in [-0.39, 0.29) is 12.1 Å². The van der Waals surface area contributed by atoms with Gasteiger partial charge in [0.15, 0.2) is 0 Å². The summed E-state index contributed by atoms with van der Waals surface area (Å²) < 4.78 is 7.25. The number of nitrogens with zero attached hydrogens (tertiary/aromatic N) is 4. The second kappa shape index (κ2) is 6.87. The molecule has 0 bridgehead atoms. The zero-order chi connectivity index (χ0) is 16.2. The quantitative estimate of drug-likeness (QED) is 0.911. The zero-order valence-corrected chi connectivity index (χ0v) is 13.6. The molecule has 2 aromatic heterocycles. The molecule has 0 spiro atoms. The van der Waals surface area contributed by atoms with Gasteiger partial charge in [-0.25, -0.2) is 4.79 Å². The van der Waals surface area contributed by atoms with Crippen molar-refractivity contribution < 1.29 is 9.21 Å². The van der Waals surface area contributed by atoms with Crippen LogP contribution in [0.3, 0.4) is 0 Å². The van der Waals surface area contributed by atoms with Crippen LogP contribution in [0.25, 0.3) is 0 Å². The third kappa shape index (κ3) is 3.73. The average Bonchev–Trinajstić information content (AvgIpc) is 3.18. The lowest BCUT2D eigenvalue weighted by Crippen LogP contribution is -2.40. The van der Waals surface area contributed by atoms with E-state index in [1.165, 1.54) is 11.3 Å². The average molecular weight is 317 g/mol. The van der Waals surface area contributed by atoms with Gasteiger partial charge in [-0.2, -0.15) is 5.10 Å². The van der Waals surface area contributed by atoms with E-state index in [2.05, 4.69) is 26.1 Å². The van der Waals surface area contributed by atoms with E-state index < -0.39 is 0 Å². The second-order valence-electron chi connectivity index (χ2n) is 6.14. The molecule has 7 heteroatoms. The van der Waals surface area contributed by atoms with E-state index in [0.717, 1.165) is 26.1 Å². The predicted octanol–water partition coefficient (Wildman–Crippen LogP) is 1.69. The molecule has 1 N–H and O–H groups in total. The molecule has 0 aliphatic carbocycles. The van der Waals surface area contributed by atoms with E-state index in [4.69, 9.17) is 4.42 Å². The first kappa shape index (κ1) is 15.6. The Morgan fingerprint density at radius 3 is 3.09 bits per heavy atom. The molecule has 1 aliphatic rings. The van der Waals surface area contributed by atoms with Crippen molar-refractivity contribution in [3.05, 3.63) is 42.1 Å². The molecule has 2 aromatic rings. The van der Waals surface area contributed by atoms with Gasteiger partial charge in [-0.15, -0.1) is 0 Å². The van der Waals surface area contributed by atoms with Crippen LogP contribution in [0, 0.1) is 0 Å². The Hall–Kier alpha value is -2.28. The molecule has 23 heavy (non-hydrogen) atoms. The van der Waals surface area contributed by atoms with Crippen molar-refractivity contribution in [2.45, 2.75) is 25.6 Å². The molecule has 0 aromatic carbocycles. The number of furan rings is 1. The van der Waals surface area contributed by atoms with Crippen molar-refractivity contribution in [3.63, 3.8) is 0 Å². The molecule has 1 aliphatic heterocycles. The fourth-order valence-corrected chi connectivity index (χ4v) is 2.94. The van der Waals surface area contributed by atoms with Gasteiger partial charge in [0.25, 0.3) is 0 Å². The molecule has 0 fully saturated rings. The van der Waals surface area contributed by atoms with E-state index in [0.29, 0.717) is 6.54 Å². The highest BCUT2D eigenvalue weighted by atomic mass is 16.3. The first-order valence-corrected chi connectivity index (χ1v) is 7.84. The Morgan fingerprint density at radius 2 is 2.35 bits per heavy atom. The molecule has 7 nitrogen and oxygen atoms in total. The molecule has 1 atom stereocenters. The monoisotopic (exact) mass is 317 g/mol. The molecule has 0 radical (unpaired) electrons. The van der Waals surface area contributed by atoms with Gasteiger partial charge in [-0.1, -0.05) is 0 Å². The molecule has 1 unspecified atom stereocenters.